The molecule has 0 radical (unpaired) electrons. The number of pyridine rings is 1. The fourth-order valence-electron chi connectivity index (χ4n) is 8.18. The lowest BCUT2D eigenvalue weighted by Gasteiger charge is -2.46. The first kappa shape index (κ1) is 42.6. The number of hydrogen-bond donors (Lipinski definition) is 7. The van der Waals surface area contributed by atoms with E-state index in [0.717, 1.165) is 19.6 Å². The Hall–Kier alpha value is -5.57. The van der Waals surface area contributed by atoms with Gasteiger partial charge >= 0.3 is 12.1 Å². The molecule has 3 aliphatic rings. The third-order valence-electron chi connectivity index (χ3n) is 11.4. The molecule has 3 amide bonds. The summed E-state index contributed by atoms with van der Waals surface area (Å²) in [5, 5.41) is 33.4. The first-order chi connectivity index (χ1) is 28.7. The van der Waals surface area contributed by atoms with Crippen LogP contribution in [0.1, 0.15) is 50.8 Å². The number of carbonyl (C=O) groups is 4. The SMILES string of the molecule is O=C(O)C[N+]1(CC2CNC2)CCC(C(=O)N2CCN(C(=O)c3ccc(NC(=O)c4ncc(Cc5c(C(F)(F)F)n[nH]c5-c5ccc(NCCO)cn5)[nH]4)cc3Cl)CC2)CC1. The van der Waals surface area contributed by atoms with Crippen molar-refractivity contribution in [2.24, 2.45) is 11.8 Å². The summed E-state index contributed by atoms with van der Waals surface area (Å²) in [4.78, 5) is 66.3. The molecule has 3 saturated heterocycles. The highest BCUT2D eigenvalue weighted by Gasteiger charge is 2.42. The molecule has 1 aromatic carbocycles. The number of hydrogen-bond acceptors (Lipinski definition) is 10. The Kier molecular flexibility index (Phi) is 12.7. The molecular weight excluding hydrogens is 811 g/mol. The van der Waals surface area contributed by atoms with Crippen molar-refractivity contribution in [3.8, 4) is 11.4 Å². The number of aliphatic hydroxyl groups is 1. The van der Waals surface area contributed by atoms with Crippen LogP contribution in [0.3, 0.4) is 0 Å². The molecule has 0 aliphatic carbocycles. The highest BCUT2D eigenvalue weighted by Crippen LogP contribution is 2.36. The summed E-state index contributed by atoms with van der Waals surface area (Å²) < 4.78 is 42.4. The maximum atomic E-state index is 14.0. The second-order valence-corrected chi connectivity index (χ2v) is 15.9. The molecule has 0 saturated carbocycles. The molecule has 7 rings (SSSR count). The average molecular weight is 857 g/mol. The summed E-state index contributed by atoms with van der Waals surface area (Å²) in [5.74, 6) is -1.73. The van der Waals surface area contributed by atoms with Gasteiger partial charge in [-0.05, 0) is 30.3 Å². The van der Waals surface area contributed by atoms with E-state index in [-0.39, 0.29) is 88.6 Å². The number of rotatable bonds is 14. The fourth-order valence-corrected chi connectivity index (χ4v) is 8.44. The number of nitrogens with zero attached hydrogens (tertiary/aromatic N) is 6. The number of piperidine rings is 1. The van der Waals surface area contributed by atoms with Gasteiger partial charge in [0.2, 0.25) is 5.91 Å². The average Bonchev–Trinajstić information content (AvgIpc) is 3.87. The number of imidazole rings is 1. The number of aromatic nitrogens is 5. The van der Waals surface area contributed by atoms with E-state index < -0.39 is 23.7 Å². The van der Waals surface area contributed by atoms with E-state index in [1.54, 1.807) is 15.9 Å². The van der Waals surface area contributed by atoms with Crippen LogP contribution in [0.15, 0.2) is 42.7 Å². The lowest BCUT2D eigenvalue weighted by Crippen LogP contribution is -2.62. The molecule has 320 valence electrons. The maximum Gasteiger partial charge on any atom is 0.435 e. The molecule has 0 bridgehead atoms. The molecule has 3 aromatic heterocycles. The van der Waals surface area contributed by atoms with Gasteiger partial charge in [-0.15, -0.1) is 0 Å². The Morgan fingerprint density at radius 2 is 1.68 bits per heavy atom. The minimum atomic E-state index is -4.78. The van der Waals surface area contributed by atoms with E-state index in [4.69, 9.17) is 16.7 Å². The number of carbonyl (C=O) groups excluding carboxylic acids is 3. The minimum absolute atomic E-state index is 0.0341. The van der Waals surface area contributed by atoms with Gasteiger partial charge in [0.15, 0.2) is 18.1 Å². The van der Waals surface area contributed by atoms with Crippen LogP contribution in [0.4, 0.5) is 24.5 Å². The molecule has 3 fully saturated rings. The van der Waals surface area contributed by atoms with E-state index in [0.29, 0.717) is 68.2 Å². The Morgan fingerprint density at radius 1 is 0.967 bits per heavy atom. The summed E-state index contributed by atoms with van der Waals surface area (Å²) in [6, 6.07) is 7.52. The predicted molar refractivity (Wildman–Crippen MR) is 212 cm³/mol. The topological polar surface area (TPSA) is 222 Å². The van der Waals surface area contributed by atoms with Gasteiger partial charge in [-0.2, -0.15) is 18.3 Å². The van der Waals surface area contributed by atoms with E-state index in [1.165, 1.54) is 36.7 Å². The van der Waals surface area contributed by atoms with Crippen molar-refractivity contribution in [2.75, 3.05) is 89.2 Å². The van der Waals surface area contributed by atoms with Gasteiger partial charge in [0.25, 0.3) is 11.8 Å². The molecule has 3 aliphatic heterocycles. The van der Waals surface area contributed by atoms with Crippen molar-refractivity contribution < 1.29 is 47.0 Å². The monoisotopic (exact) mass is 856 g/mol. The Bertz CT molecular complexity index is 2200. The standard InChI is InChI=1S/C39H45ClF3N11O6/c40-30-16-25(49-36(58)35-47-20-27(48-35)15-29-33(50-51-34(29)39(41,42)43)31-4-2-26(19-46-31)45-7-14-55)1-3-28(30)38(60)53-10-8-52(9-11-53)37(59)24-5-12-54(13-6-24,22-32(56)57)21-23-17-44-18-23/h1-4,16,19-20,23-24,44,55H,5-15,17-18,21-22H2,(H4-,45,46,47,48,49,50,51,56,57,58,60)/p+1. The zero-order valence-electron chi connectivity index (χ0n) is 32.5. The van der Waals surface area contributed by atoms with E-state index in [2.05, 4.69) is 41.1 Å². The van der Waals surface area contributed by atoms with Crippen LogP contribution in [0, 0.1) is 11.8 Å². The number of carboxylic acids is 1. The van der Waals surface area contributed by atoms with Gasteiger partial charge < -0.3 is 45.4 Å². The number of quaternary nitrogens is 1. The van der Waals surface area contributed by atoms with Gasteiger partial charge in [0.1, 0.15) is 0 Å². The van der Waals surface area contributed by atoms with Gasteiger partial charge in [-0.25, -0.2) is 9.78 Å². The number of benzene rings is 1. The van der Waals surface area contributed by atoms with E-state index in [9.17, 15) is 37.5 Å². The molecule has 0 spiro atoms. The zero-order chi connectivity index (χ0) is 42.6. The van der Waals surface area contributed by atoms with Crippen molar-refractivity contribution in [3.05, 3.63) is 76.1 Å². The van der Waals surface area contributed by atoms with E-state index >= 15 is 0 Å². The number of anilines is 2. The second kappa shape index (κ2) is 18.0. The minimum Gasteiger partial charge on any atom is -0.477 e. The van der Waals surface area contributed by atoms with Crippen LogP contribution < -0.4 is 16.0 Å². The van der Waals surface area contributed by atoms with Crippen LogP contribution in [0.5, 0.6) is 0 Å². The summed E-state index contributed by atoms with van der Waals surface area (Å²) in [7, 11) is 0. The second-order valence-electron chi connectivity index (χ2n) is 15.5. The number of H-pyrrole nitrogens is 2. The lowest BCUT2D eigenvalue weighted by atomic mass is 9.90. The van der Waals surface area contributed by atoms with Crippen molar-refractivity contribution in [2.45, 2.75) is 25.4 Å². The Labute approximate surface area is 347 Å². The van der Waals surface area contributed by atoms with Crippen LogP contribution in [0.25, 0.3) is 11.4 Å². The summed E-state index contributed by atoms with van der Waals surface area (Å²) in [6.07, 6.45) is -1.17. The Balaban J connectivity index is 0.927. The van der Waals surface area contributed by atoms with Gasteiger partial charge in [-0.1, -0.05) is 11.6 Å². The number of alkyl halides is 3. The molecule has 0 unspecified atom stereocenters. The molecule has 60 heavy (non-hydrogen) atoms. The number of aromatic amines is 2. The number of piperazine rings is 1. The molecule has 21 heteroatoms. The van der Waals surface area contributed by atoms with Crippen molar-refractivity contribution in [3.63, 3.8) is 0 Å². The number of halogens is 4. The quantitative estimate of drug-likeness (QED) is 0.0915. The third kappa shape index (κ3) is 9.72. The molecule has 17 nitrogen and oxygen atoms in total. The number of carboxylic acid groups (broad SMARTS) is 1. The first-order valence-electron chi connectivity index (χ1n) is 19.7. The first-order valence-corrected chi connectivity index (χ1v) is 20.1. The summed E-state index contributed by atoms with van der Waals surface area (Å²) >= 11 is 6.54. The van der Waals surface area contributed by atoms with Crippen molar-refractivity contribution in [1.82, 2.24) is 40.3 Å². The van der Waals surface area contributed by atoms with Crippen LogP contribution in [-0.2, 0) is 22.2 Å². The third-order valence-corrected chi connectivity index (χ3v) is 11.7. The van der Waals surface area contributed by atoms with Gasteiger partial charge in [0, 0.05) is 100 Å². The normalized spacial score (nSPS) is 19.8. The van der Waals surface area contributed by atoms with Crippen LogP contribution >= 0.6 is 11.6 Å². The number of aliphatic carboxylic acids is 1. The van der Waals surface area contributed by atoms with Crippen LogP contribution in [-0.4, -0.2) is 152 Å². The number of aliphatic hydroxyl groups excluding tert-OH is 1. The molecule has 0 atom stereocenters. The smallest absolute Gasteiger partial charge is 0.435 e. The van der Waals surface area contributed by atoms with Crippen molar-refractivity contribution in [1.29, 1.82) is 0 Å². The summed E-state index contributed by atoms with van der Waals surface area (Å²) in [6.45, 7) is 5.42. The largest absolute Gasteiger partial charge is 0.477 e. The molecule has 4 aromatic rings. The van der Waals surface area contributed by atoms with Crippen molar-refractivity contribution >= 4 is 46.7 Å². The number of nitrogens with one attached hydrogen (secondary N) is 5. The van der Waals surface area contributed by atoms with Gasteiger partial charge in [0.05, 0.1) is 60.1 Å². The summed E-state index contributed by atoms with van der Waals surface area (Å²) in [5.41, 5.74) is 0.111. The molecule has 7 N–H and O–H groups in total. The lowest BCUT2D eigenvalue weighted by molar-refractivity contribution is -0.929. The predicted octanol–water partition coefficient (Wildman–Crippen LogP) is 2.93. The highest BCUT2D eigenvalue weighted by atomic mass is 35.5. The number of amides is 3. The maximum absolute atomic E-state index is 14.0. The zero-order valence-corrected chi connectivity index (χ0v) is 33.3. The Morgan fingerprint density at radius 3 is 2.30 bits per heavy atom. The molecule has 6 heterocycles. The fraction of sp³-hybridized carbons (Fsp3) is 0.462. The van der Waals surface area contributed by atoms with Gasteiger partial charge in [-0.3, -0.25) is 24.5 Å². The highest BCUT2D eigenvalue weighted by molar-refractivity contribution is 6.34. The molecular formula is C39H46ClF3N11O6+. The number of likely N-dealkylation sites (tertiary alicyclic amines) is 1. The van der Waals surface area contributed by atoms with E-state index in [1.807, 2.05) is 0 Å². The van der Waals surface area contributed by atoms with Crippen LogP contribution in [0.2, 0.25) is 5.02 Å².